The summed E-state index contributed by atoms with van der Waals surface area (Å²) in [6.45, 7) is 8.58. The van der Waals surface area contributed by atoms with Crippen LogP contribution in [0.15, 0.2) is 48.7 Å². The van der Waals surface area contributed by atoms with Crippen molar-refractivity contribution in [2.24, 2.45) is 0 Å². The fourth-order valence-electron chi connectivity index (χ4n) is 4.97. The topological polar surface area (TPSA) is 125 Å². The molecule has 1 aliphatic heterocycles. The number of anilines is 1. The second-order valence-electron chi connectivity index (χ2n) is 10.5. The molecule has 1 fully saturated rings. The standard InChI is InChI=1S/C29H32ClN7O3/c1-17(38)32-20-11-13-37(14-12-20)21-7-5-19(6-8-21)26-23(30)15-24-27(34-26)35-28(33-24)40-22-9-10-25(31-16-22)29(3,4)36-18(2)39/h5-10,15-16,20H,11-14H2,1-4H3,(H,32,38)(H,36,39)(H,33,34,35). The lowest BCUT2D eigenvalue weighted by molar-refractivity contribution is -0.121. The van der Waals surface area contributed by atoms with E-state index >= 15 is 0 Å². The van der Waals surface area contributed by atoms with Gasteiger partial charge >= 0.3 is 6.01 Å². The number of imidazole rings is 1. The average molecular weight is 562 g/mol. The van der Waals surface area contributed by atoms with E-state index in [1.54, 1.807) is 31.3 Å². The number of piperidine rings is 1. The van der Waals surface area contributed by atoms with Gasteiger partial charge in [0.1, 0.15) is 5.75 Å². The van der Waals surface area contributed by atoms with Crippen LogP contribution in [0.4, 0.5) is 5.69 Å². The molecule has 4 aromatic rings. The number of benzene rings is 1. The third kappa shape index (κ3) is 6.17. The summed E-state index contributed by atoms with van der Waals surface area (Å²) in [7, 11) is 0. The van der Waals surface area contributed by atoms with Crippen LogP contribution in [0.1, 0.15) is 46.2 Å². The monoisotopic (exact) mass is 561 g/mol. The van der Waals surface area contributed by atoms with Crippen LogP contribution in [-0.2, 0) is 15.1 Å². The number of aromatic nitrogens is 4. The molecule has 4 heterocycles. The number of nitrogens with one attached hydrogen (secondary N) is 3. The van der Waals surface area contributed by atoms with Gasteiger partial charge in [-0.25, -0.2) is 4.98 Å². The van der Waals surface area contributed by atoms with Gasteiger partial charge in [-0.05, 0) is 57.0 Å². The van der Waals surface area contributed by atoms with Gasteiger partial charge in [-0.3, -0.25) is 14.6 Å². The Hall–Kier alpha value is -4.18. The Kier molecular flexibility index (Phi) is 7.62. The zero-order chi connectivity index (χ0) is 28.4. The fraction of sp³-hybridized carbons (Fsp3) is 0.345. The molecule has 0 aliphatic carbocycles. The van der Waals surface area contributed by atoms with E-state index in [2.05, 4.69) is 42.6 Å². The summed E-state index contributed by atoms with van der Waals surface area (Å²) in [6, 6.07) is 14.0. The van der Waals surface area contributed by atoms with Crippen LogP contribution >= 0.6 is 11.6 Å². The Morgan fingerprint density at radius 1 is 1.05 bits per heavy atom. The number of ether oxygens (including phenoxy) is 1. The SMILES string of the molecule is CC(=O)NC1CCN(c2ccc(-c3nc4nc(Oc5ccc(C(C)(C)NC(C)=O)nc5)[nH]c4cc3Cl)cc2)CC1. The number of hydrogen-bond acceptors (Lipinski definition) is 7. The Bertz CT molecular complexity index is 1530. The number of carbonyl (C=O) groups excluding carboxylic acids is 2. The van der Waals surface area contributed by atoms with Gasteiger partial charge in [-0.2, -0.15) is 4.98 Å². The highest BCUT2D eigenvalue weighted by molar-refractivity contribution is 6.33. The molecule has 1 saturated heterocycles. The molecule has 2 amide bonds. The third-order valence-corrected chi connectivity index (χ3v) is 7.18. The fourth-order valence-corrected chi connectivity index (χ4v) is 5.23. The summed E-state index contributed by atoms with van der Waals surface area (Å²) < 4.78 is 5.88. The quantitative estimate of drug-likeness (QED) is 0.292. The molecule has 10 nitrogen and oxygen atoms in total. The number of amides is 2. The van der Waals surface area contributed by atoms with Crippen LogP contribution in [0, 0.1) is 0 Å². The van der Waals surface area contributed by atoms with Crippen molar-refractivity contribution in [1.29, 1.82) is 0 Å². The minimum atomic E-state index is -0.608. The Morgan fingerprint density at radius 2 is 1.77 bits per heavy atom. The number of H-pyrrole nitrogens is 1. The van der Waals surface area contributed by atoms with Gasteiger partial charge in [0.05, 0.1) is 33.7 Å². The highest BCUT2D eigenvalue weighted by Crippen LogP contribution is 2.32. The van der Waals surface area contributed by atoms with Gasteiger partial charge in [0.25, 0.3) is 0 Å². The lowest BCUT2D eigenvalue weighted by Gasteiger charge is -2.33. The first-order chi connectivity index (χ1) is 19.1. The second kappa shape index (κ2) is 11.1. The number of aromatic amines is 1. The van der Waals surface area contributed by atoms with E-state index in [9.17, 15) is 9.59 Å². The van der Waals surface area contributed by atoms with E-state index in [4.69, 9.17) is 21.3 Å². The van der Waals surface area contributed by atoms with Gasteiger partial charge in [0.2, 0.25) is 11.8 Å². The number of pyridine rings is 2. The third-order valence-electron chi connectivity index (χ3n) is 6.89. The highest BCUT2D eigenvalue weighted by Gasteiger charge is 2.23. The molecule has 0 saturated carbocycles. The second-order valence-corrected chi connectivity index (χ2v) is 10.9. The van der Waals surface area contributed by atoms with Crippen LogP contribution in [0.25, 0.3) is 22.4 Å². The Morgan fingerprint density at radius 3 is 2.40 bits per heavy atom. The van der Waals surface area contributed by atoms with Crippen molar-refractivity contribution in [1.82, 2.24) is 30.6 Å². The summed E-state index contributed by atoms with van der Waals surface area (Å²) in [5.74, 6) is 0.384. The highest BCUT2D eigenvalue weighted by atomic mass is 35.5. The maximum absolute atomic E-state index is 11.5. The van der Waals surface area contributed by atoms with Crippen LogP contribution in [0.5, 0.6) is 11.8 Å². The maximum Gasteiger partial charge on any atom is 0.301 e. The van der Waals surface area contributed by atoms with Gasteiger partial charge in [0, 0.05) is 44.2 Å². The molecule has 40 heavy (non-hydrogen) atoms. The molecular weight excluding hydrogens is 530 g/mol. The molecule has 208 valence electrons. The maximum atomic E-state index is 11.5. The summed E-state index contributed by atoms with van der Waals surface area (Å²) in [5.41, 5.74) is 3.87. The first kappa shape index (κ1) is 27.4. The molecule has 0 radical (unpaired) electrons. The number of rotatable bonds is 7. The molecule has 11 heteroatoms. The smallest absolute Gasteiger partial charge is 0.301 e. The van der Waals surface area contributed by atoms with Gasteiger partial charge in [-0.15, -0.1) is 0 Å². The van der Waals surface area contributed by atoms with Crippen molar-refractivity contribution >= 4 is 40.3 Å². The van der Waals surface area contributed by atoms with E-state index < -0.39 is 5.54 Å². The normalized spacial score (nSPS) is 14.3. The number of carbonyl (C=O) groups is 2. The Labute approximate surface area is 237 Å². The molecule has 1 aliphatic rings. The number of fused-ring (bicyclic) bond motifs is 1. The van der Waals surface area contributed by atoms with Crippen molar-refractivity contribution in [3.8, 4) is 23.0 Å². The lowest BCUT2D eigenvalue weighted by atomic mass is 10.00. The first-order valence-corrected chi connectivity index (χ1v) is 13.6. The van der Waals surface area contributed by atoms with Crippen molar-refractivity contribution in [2.45, 2.75) is 52.1 Å². The minimum absolute atomic E-state index is 0.0229. The molecule has 0 unspecified atom stereocenters. The van der Waals surface area contributed by atoms with Gasteiger partial charge < -0.3 is 25.3 Å². The average Bonchev–Trinajstić information content (AvgIpc) is 3.29. The largest absolute Gasteiger partial charge is 0.424 e. The predicted molar refractivity (Wildman–Crippen MR) is 155 cm³/mol. The zero-order valence-electron chi connectivity index (χ0n) is 22.9. The van der Waals surface area contributed by atoms with Crippen LogP contribution < -0.4 is 20.3 Å². The Balaban J connectivity index is 1.28. The van der Waals surface area contributed by atoms with E-state index in [1.165, 1.54) is 6.92 Å². The molecule has 3 N–H and O–H groups in total. The summed E-state index contributed by atoms with van der Waals surface area (Å²) >= 11 is 6.61. The molecule has 0 bridgehead atoms. The molecule has 5 rings (SSSR count). The van der Waals surface area contributed by atoms with Crippen molar-refractivity contribution < 1.29 is 14.3 Å². The predicted octanol–water partition coefficient (Wildman–Crippen LogP) is 4.94. The van der Waals surface area contributed by atoms with Crippen LogP contribution in [0.2, 0.25) is 5.02 Å². The summed E-state index contributed by atoms with van der Waals surface area (Å²) in [4.78, 5) is 41.9. The number of halogens is 1. The molecule has 0 atom stereocenters. The molecule has 0 spiro atoms. The van der Waals surface area contributed by atoms with E-state index in [0.29, 0.717) is 33.3 Å². The van der Waals surface area contributed by atoms with Crippen molar-refractivity contribution in [2.75, 3.05) is 18.0 Å². The minimum Gasteiger partial charge on any atom is -0.424 e. The van der Waals surface area contributed by atoms with E-state index in [1.807, 2.05) is 26.0 Å². The summed E-state index contributed by atoms with van der Waals surface area (Å²) in [6.07, 6.45) is 3.43. The summed E-state index contributed by atoms with van der Waals surface area (Å²) in [5, 5.41) is 6.39. The molecular formula is C29H32ClN7O3. The lowest BCUT2D eigenvalue weighted by Crippen LogP contribution is -2.44. The van der Waals surface area contributed by atoms with E-state index in [-0.39, 0.29) is 23.9 Å². The van der Waals surface area contributed by atoms with E-state index in [0.717, 1.165) is 37.2 Å². The van der Waals surface area contributed by atoms with Crippen molar-refractivity contribution in [3.63, 3.8) is 0 Å². The van der Waals surface area contributed by atoms with Crippen LogP contribution in [-0.4, -0.2) is 50.9 Å². The van der Waals surface area contributed by atoms with Crippen molar-refractivity contribution in [3.05, 3.63) is 59.4 Å². The zero-order valence-corrected chi connectivity index (χ0v) is 23.7. The number of hydrogen-bond donors (Lipinski definition) is 3. The van der Waals surface area contributed by atoms with Gasteiger partial charge in [-0.1, -0.05) is 23.7 Å². The first-order valence-electron chi connectivity index (χ1n) is 13.2. The molecule has 1 aromatic carbocycles. The van der Waals surface area contributed by atoms with Crippen LogP contribution in [0.3, 0.4) is 0 Å². The van der Waals surface area contributed by atoms with Gasteiger partial charge in [0.15, 0.2) is 5.65 Å². The number of nitrogens with zero attached hydrogens (tertiary/aromatic N) is 4. The molecule has 3 aromatic heterocycles.